The molecule has 1 saturated carbocycles. The highest BCUT2D eigenvalue weighted by molar-refractivity contribution is 7.13. The molecule has 80 heavy (non-hydrogen) atoms. The van der Waals surface area contributed by atoms with Gasteiger partial charge in [-0.2, -0.15) is 15.1 Å². The number of likely N-dealkylation sites (tertiary alicyclic amines) is 1. The van der Waals surface area contributed by atoms with E-state index >= 15 is 4.39 Å². The van der Waals surface area contributed by atoms with E-state index in [0.717, 1.165) is 81.5 Å². The first-order valence-corrected chi connectivity index (χ1v) is 28.2. The summed E-state index contributed by atoms with van der Waals surface area (Å²) < 4.78 is 36.5. The number of hydrogen-bond acceptors (Lipinski definition) is 16. The molecule has 8 aromatic rings. The number of aromatic nitrogens is 8. The number of rotatable bonds is 20. The van der Waals surface area contributed by atoms with Crippen LogP contribution in [-0.4, -0.2) is 138 Å². The van der Waals surface area contributed by atoms with E-state index in [1.54, 1.807) is 31.9 Å². The molecule has 4 aromatic carbocycles. The highest BCUT2D eigenvalue weighted by atomic mass is 32.1. The quantitative estimate of drug-likeness (QED) is 0.0487. The fraction of sp³-hybridized carbons (Fsp3) is 0.424. The van der Waals surface area contributed by atoms with Crippen molar-refractivity contribution in [1.82, 2.24) is 55.7 Å². The zero-order valence-electron chi connectivity index (χ0n) is 45.9. The lowest BCUT2D eigenvalue weighted by Crippen LogP contribution is -2.50. The third-order valence-electron chi connectivity index (χ3n) is 15.9. The number of hydrogen-bond donors (Lipinski definition) is 5. The molecule has 4 aromatic heterocycles. The van der Waals surface area contributed by atoms with Crippen LogP contribution in [0.1, 0.15) is 92.4 Å². The number of nitrogens with zero attached hydrogens (tertiary/aromatic N) is 9. The van der Waals surface area contributed by atoms with Crippen molar-refractivity contribution in [3.63, 3.8) is 0 Å². The summed E-state index contributed by atoms with van der Waals surface area (Å²) in [7, 11) is 3.68. The Bertz CT molecular complexity index is 3540. The number of thiazole rings is 1. The van der Waals surface area contributed by atoms with Crippen molar-refractivity contribution < 1.29 is 38.4 Å². The number of β-amino-alcohol motifs (C(OH)–C–C–N with tert-alkyl or cyclic N) is 1. The molecular weight excluding hydrogens is 1040 g/mol. The highest BCUT2D eigenvalue weighted by Gasteiger charge is 2.43. The minimum absolute atomic E-state index is 0.0401. The Hall–Kier alpha value is -7.43. The van der Waals surface area contributed by atoms with Gasteiger partial charge in [-0.25, -0.2) is 14.1 Å². The Labute approximate surface area is 466 Å². The second kappa shape index (κ2) is 23.0. The Kier molecular flexibility index (Phi) is 15.7. The maximum atomic E-state index is 16.1. The number of anilines is 1. The van der Waals surface area contributed by atoms with Gasteiger partial charge in [0.05, 0.1) is 58.8 Å². The molecule has 6 heterocycles. The van der Waals surface area contributed by atoms with Crippen LogP contribution < -0.4 is 25.0 Å². The number of H-pyrrole nitrogens is 1. The molecule has 3 aliphatic rings. The predicted octanol–water partition coefficient (Wildman–Crippen LogP) is 7.99. The van der Waals surface area contributed by atoms with Crippen LogP contribution in [0.15, 0.2) is 78.6 Å². The average molecular weight is 1110 g/mol. The third-order valence-corrected chi connectivity index (χ3v) is 16.9. The van der Waals surface area contributed by atoms with E-state index in [1.165, 1.54) is 27.0 Å². The summed E-state index contributed by atoms with van der Waals surface area (Å²) in [6.07, 6.45) is 5.20. The number of aryl methyl sites for hydroxylation is 1. The second-order valence-corrected chi connectivity index (χ2v) is 22.6. The van der Waals surface area contributed by atoms with Crippen LogP contribution in [0.4, 0.5) is 10.2 Å². The summed E-state index contributed by atoms with van der Waals surface area (Å²) in [5, 5.41) is 45.6. The number of halogens is 1. The lowest BCUT2D eigenvalue weighted by molar-refractivity contribution is -0.142. The summed E-state index contributed by atoms with van der Waals surface area (Å²) in [6.45, 7) is 11.1. The zero-order valence-corrected chi connectivity index (χ0v) is 46.8. The molecule has 3 fully saturated rings. The fourth-order valence-corrected chi connectivity index (χ4v) is 12.0. The number of aliphatic hydroxyl groups is 2. The lowest BCUT2D eigenvalue weighted by atomic mass is 9.88. The van der Waals surface area contributed by atoms with Crippen LogP contribution >= 0.6 is 11.3 Å². The first-order valence-electron chi connectivity index (χ1n) is 27.3. The summed E-state index contributed by atoms with van der Waals surface area (Å²) >= 11 is 1.54. The fourth-order valence-electron chi connectivity index (χ4n) is 11.2. The average Bonchev–Trinajstić information content (AvgIpc) is 3.62. The molecule has 0 spiro atoms. The number of carbonyl (C=O) groups excluding carboxylic acids is 2. The number of amides is 2. The standard InChI is InChI=1S/C59H67FN12O7S/c1-31(2)53(58(76)71-25-41(74)20-49(71)57(75)64-48(27-73)38-14-16-39(17-15-38)55-34(5)62-30-80-55)72-26-47(68-69-72)37-10-8-35(9-11-37)29-78-54-51(50-33(4)45(60)22-46-44(50)24-63-67-46)42(36-12-13-36)21-43-52(54)65-59(79-28-32(3)77-7)66-56(43)70(6)40-18-19-61-23-40/h8-11,14-17,21-22,24,26,30-32,36,40-41,48-49,53,61,73-74H,12-13,18-20,23,25,27-29H2,1-7H3,(H,63,67)(H,64,75)/t32-,40+,41+,48-,49-,53-/m0/s1. The third kappa shape index (κ3) is 10.8. The number of aromatic amines is 1. The molecule has 19 nitrogen and oxygen atoms in total. The summed E-state index contributed by atoms with van der Waals surface area (Å²) in [6, 6.07) is 16.7. The normalized spacial score (nSPS) is 18.5. The van der Waals surface area contributed by atoms with Gasteiger partial charge in [-0.15, -0.1) is 16.4 Å². The highest BCUT2D eigenvalue weighted by Crippen LogP contribution is 2.53. The molecule has 2 aliphatic heterocycles. The first kappa shape index (κ1) is 54.5. The van der Waals surface area contributed by atoms with Gasteiger partial charge in [0, 0.05) is 67.2 Å². The van der Waals surface area contributed by atoms with Crippen LogP contribution in [0.3, 0.4) is 0 Å². The SMILES string of the molecule is CO[C@@H](C)COc1nc(N(C)[C@@H]2CCNC2)c2cc(C3CC3)c(-c3c(C)c(F)cc4[nH]ncc34)c(OCc3ccc(-c4cn([C@H](C(=O)N5C[C@H](O)C[C@H]5C(=O)N[C@@H](CO)c5ccc(-c6scnc6C)cc5)C(C)C)nn4)cc3)c2n1. The molecule has 1 aliphatic carbocycles. The Morgan fingerprint density at radius 2 is 1.76 bits per heavy atom. The van der Waals surface area contributed by atoms with E-state index in [2.05, 4.69) is 54.1 Å². The first-order chi connectivity index (χ1) is 38.7. The van der Waals surface area contributed by atoms with Crippen LogP contribution in [-0.2, 0) is 20.9 Å². The summed E-state index contributed by atoms with van der Waals surface area (Å²) in [5.74, 6) is -0.113. The van der Waals surface area contributed by atoms with E-state index in [1.807, 2.05) is 76.2 Å². The topological polar surface area (TPSA) is 231 Å². The summed E-state index contributed by atoms with van der Waals surface area (Å²) in [5.41, 5.74) is 10.5. The van der Waals surface area contributed by atoms with Crippen molar-refractivity contribution in [3.8, 4) is 44.6 Å². The molecule has 418 valence electrons. The van der Waals surface area contributed by atoms with Gasteiger partial charge < -0.3 is 44.9 Å². The number of likely N-dealkylation sites (N-methyl/N-ethyl adjacent to an activating group) is 1. The molecule has 11 rings (SSSR count). The smallest absolute Gasteiger partial charge is 0.319 e. The number of ether oxygens (including phenoxy) is 3. The van der Waals surface area contributed by atoms with Crippen molar-refractivity contribution in [2.45, 2.75) is 109 Å². The van der Waals surface area contributed by atoms with Crippen molar-refractivity contribution in [2.75, 3.05) is 51.9 Å². The number of fused-ring (bicyclic) bond motifs is 2. The Morgan fingerprint density at radius 1 is 0.988 bits per heavy atom. The molecule has 6 atom stereocenters. The van der Waals surface area contributed by atoms with Crippen LogP contribution in [0, 0.1) is 25.6 Å². The monoisotopic (exact) mass is 1110 g/mol. The molecule has 21 heteroatoms. The predicted molar refractivity (Wildman–Crippen MR) is 303 cm³/mol. The van der Waals surface area contributed by atoms with Gasteiger partial charge in [0.2, 0.25) is 11.8 Å². The van der Waals surface area contributed by atoms with E-state index in [9.17, 15) is 19.8 Å². The van der Waals surface area contributed by atoms with E-state index < -0.39 is 30.1 Å². The van der Waals surface area contributed by atoms with Gasteiger partial charge in [-0.3, -0.25) is 14.7 Å². The number of aliphatic hydroxyl groups excluding tert-OH is 2. The van der Waals surface area contributed by atoms with Gasteiger partial charge in [0.15, 0.2) is 5.75 Å². The molecular formula is C59H67FN12O7S. The molecule has 0 radical (unpaired) electrons. The van der Waals surface area contributed by atoms with E-state index in [4.69, 9.17) is 24.2 Å². The molecule has 2 saturated heterocycles. The Balaban J connectivity index is 0.872. The van der Waals surface area contributed by atoms with Crippen LogP contribution in [0.25, 0.3) is 54.6 Å². The van der Waals surface area contributed by atoms with Gasteiger partial charge in [0.25, 0.3) is 0 Å². The maximum Gasteiger partial charge on any atom is 0.319 e. The minimum Gasteiger partial charge on any atom is -0.486 e. The van der Waals surface area contributed by atoms with Gasteiger partial charge in [0.1, 0.15) is 48.1 Å². The zero-order chi connectivity index (χ0) is 55.9. The minimum atomic E-state index is -0.982. The summed E-state index contributed by atoms with van der Waals surface area (Å²) in [4.78, 5) is 47.8. The van der Waals surface area contributed by atoms with Crippen molar-refractivity contribution in [3.05, 3.63) is 112 Å². The van der Waals surface area contributed by atoms with Crippen LogP contribution in [0.5, 0.6) is 11.8 Å². The van der Waals surface area contributed by atoms with Gasteiger partial charge in [-0.05, 0) is 98.4 Å². The number of carbonyl (C=O) groups is 2. The number of benzene rings is 4. The Morgan fingerprint density at radius 3 is 2.45 bits per heavy atom. The number of nitrogens with one attached hydrogen (secondary N) is 3. The maximum absolute atomic E-state index is 16.1. The number of methoxy groups -OCH3 is 1. The van der Waals surface area contributed by atoms with Crippen LogP contribution in [0.2, 0.25) is 0 Å². The largest absolute Gasteiger partial charge is 0.486 e. The molecule has 2 amide bonds. The lowest BCUT2D eigenvalue weighted by Gasteiger charge is -2.30. The second-order valence-electron chi connectivity index (χ2n) is 21.8. The van der Waals surface area contributed by atoms with Gasteiger partial charge >= 0.3 is 6.01 Å². The van der Waals surface area contributed by atoms with Crippen molar-refractivity contribution >= 4 is 50.8 Å². The molecule has 0 bridgehead atoms. The van der Waals surface area contributed by atoms with Crippen molar-refractivity contribution in [1.29, 1.82) is 0 Å². The molecule has 5 N–H and O–H groups in total. The van der Waals surface area contributed by atoms with E-state index in [-0.39, 0.29) is 74.5 Å². The van der Waals surface area contributed by atoms with Crippen molar-refractivity contribution in [2.24, 2.45) is 5.92 Å². The van der Waals surface area contributed by atoms with Gasteiger partial charge in [-0.1, -0.05) is 67.6 Å². The molecule has 0 unspecified atom stereocenters. The van der Waals surface area contributed by atoms with E-state index in [0.29, 0.717) is 45.0 Å².